The largest absolute Gasteiger partial charge is 0.392 e. The molecule has 1 aromatic carbocycles. The number of hydrogen-bond acceptors (Lipinski definition) is 3. The van der Waals surface area contributed by atoms with Gasteiger partial charge in [0.05, 0.1) is 18.8 Å². The van der Waals surface area contributed by atoms with E-state index >= 15 is 0 Å². The summed E-state index contributed by atoms with van der Waals surface area (Å²) in [6.45, 7) is 3.07. The van der Waals surface area contributed by atoms with Crippen LogP contribution in [0.1, 0.15) is 35.7 Å². The van der Waals surface area contributed by atoms with E-state index in [9.17, 15) is 9.90 Å². The lowest BCUT2D eigenvalue weighted by Gasteiger charge is -2.26. The molecule has 2 atom stereocenters. The third kappa shape index (κ3) is 2.23. The van der Waals surface area contributed by atoms with E-state index in [0.29, 0.717) is 24.6 Å². The first-order chi connectivity index (χ1) is 9.54. The molecule has 3 rings (SSSR count). The summed E-state index contributed by atoms with van der Waals surface area (Å²) < 4.78 is 0. The molecule has 1 saturated carbocycles. The lowest BCUT2D eigenvalue weighted by atomic mass is 9.88. The number of likely N-dealkylation sites (tertiary alicyclic amines) is 1. The lowest BCUT2D eigenvalue weighted by molar-refractivity contribution is -0.00364. The molecule has 1 heterocycles. The van der Waals surface area contributed by atoms with Gasteiger partial charge < -0.3 is 15.1 Å². The van der Waals surface area contributed by atoms with Crippen LogP contribution >= 0.6 is 0 Å². The predicted octanol–water partition coefficient (Wildman–Crippen LogP) is 1.41. The van der Waals surface area contributed by atoms with Gasteiger partial charge in [0.2, 0.25) is 0 Å². The maximum atomic E-state index is 12.5. The Labute approximate surface area is 119 Å². The van der Waals surface area contributed by atoms with Crippen molar-refractivity contribution in [2.24, 2.45) is 11.8 Å². The molecule has 1 aliphatic carbocycles. The van der Waals surface area contributed by atoms with Crippen LogP contribution in [0.5, 0.6) is 0 Å². The fourth-order valence-corrected chi connectivity index (χ4v) is 3.22. The number of aliphatic hydroxyl groups excluding tert-OH is 1. The predicted molar refractivity (Wildman–Crippen MR) is 75.1 cm³/mol. The molecule has 1 aromatic rings. The SMILES string of the molecule is CC1CN(C(=O)c2ccc(CO)cc2)CC1(O)C1CC1. The van der Waals surface area contributed by atoms with Crippen LogP contribution in [0, 0.1) is 11.8 Å². The van der Waals surface area contributed by atoms with Crippen LogP contribution in [-0.4, -0.2) is 39.7 Å². The molecule has 4 nitrogen and oxygen atoms in total. The summed E-state index contributed by atoms with van der Waals surface area (Å²) >= 11 is 0. The first-order valence-corrected chi connectivity index (χ1v) is 7.26. The first kappa shape index (κ1) is 13.6. The zero-order chi connectivity index (χ0) is 14.3. The summed E-state index contributed by atoms with van der Waals surface area (Å²) in [7, 11) is 0. The normalized spacial score (nSPS) is 29.8. The monoisotopic (exact) mass is 275 g/mol. The highest BCUT2D eigenvalue weighted by Gasteiger charge is 2.53. The van der Waals surface area contributed by atoms with Gasteiger partial charge in [-0.2, -0.15) is 0 Å². The minimum atomic E-state index is -0.694. The second-order valence-electron chi connectivity index (χ2n) is 6.21. The molecule has 0 aromatic heterocycles. The first-order valence-electron chi connectivity index (χ1n) is 7.26. The fourth-order valence-electron chi connectivity index (χ4n) is 3.22. The van der Waals surface area contributed by atoms with Crippen molar-refractivity contribution in [3.8, 4) is 0 Å². The summed E-state index contributed by atoms with van der Waals surface area (Å²) in [5.74, 6) is 0.473. The molecule has 2 aliphatic rings. The quantitative estimate of drug-likeness (QED) is 0.877. The Morgan fingerprint density at radius 1 is 1.35 bits per heavy atom. The third-order valence-corrected chi connectivity index (χ3v) is 4.75. The number of aliphatic hydroxyl groups is 2. The van der Waals surface area contributed by atoms with Crippen molar-refractivity contribution < 1.29 is 15.0 Å². The van der Waals surface area contributed by atoms with Crippen LogP contribution in [0.25, 0.3) is 0 Å². The summed E-state index contributed by atoms with van der Waals surface area (Å²) in [5.41, 5.74) is 0.723. The van der Waals surface area contributed by atoms with E-state index in [2.05, 4.69) is 0 Å². The Kier molecular flexibility index (Phi) is 3.30. The average Bonchev–Trinajstić information content (AvgIpc) is 3.26. The average molecular weight is 275 g/mol. The van der Waals surface area contributed by atoms with Gasteiger partial charge in [0, 0.05) is 18.0 Å². The van der Waals surface area contributed by atoms with Gasteiger partial charge in [-0.15, -0.1) is 0 Å². The van der Waals surface area contributed by atoms with Crippen LogP contribution in [0.4, 0.5) is 0 Å². The number of carbonyl (C=O) groups is 1. The summed E-state index contributed by atoms with van der Waals surface area (Å²) in [6.07, 6.45) is 2.15. The van der Waals surface area contributed by atoms with Crippen molar-refractivity contribution in [1.29, 1.82) is 0 Å². The standard InChI is InChI=1S/C16H21NO3/c1-11-8-17(10-16(11,20)14-6-7-14)15(19)13-4-2-12(9-18)3-5-13/h2-5,11,14,18,20H,6-10H2,1H3. The van der Waals surface area contributed by atoms with Gasteiger partial charge in [0.15, 0.2) is 0 Å². The van der Waals surface area contributed by atoms with E-state index in [4.69, 9.17) is 5.11 Å². The number of carbonyl (C=O) groups excluding carboxylic acids is 1. The number of benzene rings is 1. The van der Waals surface area contributed by atoms with Crippen molar-refractivity contribution >= 4 is 5.91 Å². The minimum absolute atomic E-state index is 0.0172. The molecule has 1 saturated heterocycles. The van der Waals surface area contributed by atoms with Crippen LogP contribution in [0.3, 0.4) is 0 Å². The number of amides is 1. The van der Waals surface area contributed by atoms with Gasteiger partial charge in [0.25, 0.3) is 5.91 Å². The van der Waals surface area contributed by atoms with Crippen molar-refractivity contribution in [3.63, 3.8) is 0 Å². The zero-order valence-electron chi connectivity index (χ0n) is 11.7. The molecule has 2 N–H and O–H groups in total. The highest BCUT2D eigenvalue weighted by Crippen LogP contribution is 2.47. The van der Waals surface area contributed by atoms with E-state index in [1.807, 2.05) is 6.92 Å². The highest BCUT2D eigenvalue weighted by atomic mass is 16.3. The summed E-state index contributed by atoms with van der Waals surface area (Å²) in [5, 5.41) is 19.7. The Morgan fingerprint density at radius 3 is 2.55 bits per heavy atom. The van der Waals surface area contributed by atoms with Gasteiger partial charge in [0.1, 0.15) is 0 Å². The molecule has 1 aliphatic heterocycles. The maximum Gasteiger partial charge on any atom is 0.253 e. The van der Waals surface area contributed by atoms with E-state index < -0.39 is 5.60 Å². The van der Waals surface area contributed by atoms with Gasteiger partial charge in [-0.25, -0.2) is 0 Å². The molecule has 20 heavy (non-hydrogen) atoms. The Bertz CT molecular complexity index is 509. The fraction of sp³-hybridized carbons (Fsp3) is 0.562. The topological polar surface area (TPSA) is 60.8 Å². The lowest BCUT2D eigenvalue weighted by Crippen LogP contribution is -2.40. The van der Waals surface area contributed by atoms with Crippen molar-refractivity contribution in [2.45, 2.75) is 32.0 Å². The smallest absolute Gasteiger partial charge is 0.253 e. The number of rotatable bonds is 3. The van der Waals surface area contributed by atoms with Crippen LogP contribution < -0.4 is 0 Å². The van der Waals surface area contributed by atoms with E-state index in [1.165, 1.54) is 0 Å². The Balaban J connectivity index is 1.74. The maximum absolute atomic E-state index is 12.5. The third-order valence-electron chi connectivity index (χ3n) is 4.75. The molecule has 108 valence electrons. The number of nitrogens with zero attached hydrogens (tertiary/aromatic N) is 1. The molecular formula is C16H21NO3. The minimum Gasteiger partial charge on any atom is -0.392 e. The molecule has 0 spiro atoms. The second kappa shape index (κ2) is 4.86. The summed E-state index contributed by atoms with van der Waals surface area (Å²) in [6, 6.07) is 7.01. The van der Waals surface area contributed by atoms with Gasteiger partial charge in [-0.3, -0.25) is 4.79 Å². The second-order valence-corrected chi connectivity index (χ2v) is 6.21. The molecule has 0 bridgehead atoms. The van der Waals surface area contributed by atoms with Crippen molar-refractivity contribution in [2.75, 3.05) is 13.1 Å². The van der Waals surface area contributed by atoms with E-state index in [-0.39, 0.29) is 18.4 Å². The highest BCUT2D eigenvalue weighted by molar-refractivity contribution is 5.94. The summed E-state index contributed by atoms with van der Waals surface area (Å²) in [4.78, 5) is 14.2. The molecule has 1 amide bonds. The Hall–Kier alpha value is -1.39. The zero-order valence-corrected chi connectivity index (χ0v) is 11.7. The Morgan fingerprint density at radius 2 is 2.00 bits per heavy atom. The molecule has 2 fully saturated rings. The number of hydrogen-bond donors (Lipinski definition) is 2. The van der Waals surface area contributed by atoms with Crippen molar-refractivity contribution in [3.05, 3.63) is 35.4 Å². The molecule has 0 radical (unpaired) electrons. The van der Waals surface area contributed by atoms with E-state index in [1.54, 1.807) is 29.2 Å². The van der Waals surface area contributed by atoms with Crippen LogP contribution in [0.2, 0.25) is 0 Å². The number of β-amino-alcohol motifs (C(OH)–C–C–N with tert-alkyl or cyclic N) is 1. The van der Waals surface area contributed by atoms with Crippen molar-refractivity contribution in [1.82, 2.24) is 4.90 Å². The van der Waals surface area contributed by atoms with Gasteiger partial charge in [-0.05, 0) is 36.5 Å². The van der Waals surface area contributed by atoms with E-state index in [0.717, 1.165) is 18.4 Å². The van der Waals surface area contributed by atoms with Crippen LogP contribution in [-0.2, 0) is 6.61 Å². The molecule has 2 unspecified atom stereocenters. The molecule has 4 heteroatoms. The van der Waals surface area contributed by atoms with Gasteiger partial charge >= 0.3 is 0 Å². The van der Waals surface area contributed by atoms with Crippen LogP contribution in [0.15, 0.2) is 24.3 Å². The molecular weight excluding hydrogens is 254 g/mol. The van der Waals surface area contributed by atoms with Gasteiger partial charge in [-0.1, -0.05) is 19.1 Å².